The van der Waals surface area contributed by atoms with Gasteiger partial charge in [-0.1, -0.05) is 72.2 Å². The summed E-state index contributed by atoms with van der Waals surface area (Å²) in [7, 11) is 0. The molecular formula is C40H28. The zero-order valence-electron chi connectivity index (χ0n) is 22.6. The second-order valence-electron chi connectivity index (χ2n) is 11.0. The normalized spacial score (nSPS) is 14.2. The first-order valence-electron chi connectivity index (χ1n) is 14.3. The number of hydrogen-bond acceptors (Lipinski definition) is 0. The minimum Gasteiger partial charge on any atom is -0.0587 e. The Bertz CT molecular complexity index is 1630. The van der Waals surface area contributed by atoms with E-state index in [0.717, 1.165) is 73.6 Å². The highest BCUT2D eigenvalue weighted by atomic mass is 14.1. The molecular weight excluding hydrogens is 480 g/mol. The van der Waals surface area contributed by atoms with Crippen molar-refractivity contribution in [2.75, 3.05) is 0 Å². The van der Waals surface area contributed by atoms with Gasteiger partial charge in [-0.2, -0.15) is 0 Å². The van der Waals surface area contributed by atoms with E-state index in [4.69, 9.17) is 0 Å². The Morgan fingerprint density at radius 2 is 0.550 bits per heavy atom. The molecule has 0 N–H and O–H groups in total. The maximum Gasteiger partial charge on any atom is 0.0290 e. The van der Waals surface area contributed by atoms with E-state index in [1.54, 1.807) is 0 Å². The average Bonchev–Trinajstić information content (AvgIpc) is 2.96. The fourth-order valence-electron chi connectivity index (χ4n) is 5.96. The van der Waals surface area contributed by atoms with Crippen molar-refractivity contribution in [1.29, 1.82) is 0 Å². The minimum atomic E-state index is 0.940. The van der Waals surface area contributed by atoms with E-state index in [9.17, 15) is 0 Å². The Kier molecular flexibility index (Phi) is 6.47. The van der Waals surface area contributed by atoms with E-state index in [2.05, 4.69) is 120 Å². The Balaban J connectivity index is 1.40. The first-order chi connectivity index (χ1) is 19.8. The van der Waals surface area contributed by atoms with Crippen molar-refractivity contribution in [3.05, 3.63) is 140 Å². The number of hydrogen-bond donors (Lipinski definition) is 0. The highest BCUT2D eigenvalue weighted by Crippen LogP contribution is 2.23. The molecule has 0 nitrogen and oxygen atoms in total. The number of aryl methyl sites for hydroxylation is 8. The molecule has 0 saturated heterocycles. The summed E-state index contributed by atoms with van der Waals surface area (Å²) in [4.78, 5) is 0. The third-order valence-electron chi connectivity index (χ3n) is 8.34. The van der Waals surface area contributed by atoms with E-state index in [0.29, 0.717) is 0 Å². The maximum atomic E-state index is 3.42. The third-order valence-corrected chi connectivity index (χ3v) is 8.34. The molecule has 9 aliphatic carbocycles. The van der Waals surface area contributed by atoms with E-state index >= 15 is 0 Å². The number of rotatable bonds is 0. The molecule has 4 aromatic rings. The van der Waals surface area contributed by atoms with Gasteiger partial charge >= 0.3 is 0 Å². The lowest BCUT2D eigenvalue weighted by Gasteiger charge is -2.13. The van der Waals surface area contributed by atoms with Crippen LogP contribution < -0.4 is 0 Å². The molecule has 0 heterocycles. The van der Waals surface area contributed by atoms with Crippen molar-refractivity contribution in [1.82, 2.24) is 0 Å². The predicted molar refractivity (Wildman–Crippen MR) is 163 cm³/mol. The van der Waals surface area contributed by atoms with Crippen LogP contribution in [0.2, 0.25) is 0 Å². The van der Waals surface area contributed by atoms with Crippen LogP contribution >= 0.6 is 0 Å². The Morgan fingerprint density at radius 3 is 0.800 bits per heavy atom. The molecule has 0 fully saturated rings. The first-order valence-corrected chi connectivity index (χ1v) is 14.3. The summed E-state index contributed by atoms with van der Waals surface area (Å²) >= 11 is 0. The van der Waals surface area contributed by atoms with Gasteiger partial charge in [0.05, 0.1) is 0 Å². The molecule has 0 spiro atoms. The summed E-state index contributed by atoms with van der Waals surface area (Å²) in [6, 6.07) is 27.2. The SMILES string of the molecule is C1#Cc2cc3ccc2CCc2ccc(c(c2)C#CC#Cc2cc4ccc2CCc2ccc(c(c2)C#C1)CC4)CC3. The minimum absolute atomic E-state index is 0.940. The lowest BCUT2D eigenvalue weighted by atomic mass is 9.91. The van der Waals surface area contributed by atoms with Crippen molar-refractivity contribution in [3.8, 4) is 47.4 Å². The second-order valence-corrected chi connectivity index (χ2v) is 11.0. The van der Waals surface area contributed by atoms with Crippen LogP contribution in [0.25, 0.3) is 0 Å². The largest absolute Gasteiger partial charge is 0.0587 e. The van der Waals surface area contributed by atoms with Gasteiger partial charge in [0.2, 0.25) is 0 Å². The van der Waals surface area contributed by atoms with Crippen LogP contribution in [0, 0.1) is 47.4 Å². The van der Waals surface area contributed by atoms with Gasteiger partial charge in [0, 0.05) is 22.3 Å². The molecule has 0 atom stereocenters. The predicted octanol–water partition coefficient (Wildman–Crippen LogP) is 6.57. The van der Waals surface area contributed by atoms with E-state index < -0.39 is 0 Å². The van der Waals surface area contributed by atoms with E-state index in [1.807, 2.05) is 0 Å². The standard InChI is InChI=1S/C40H28/c1-2-6-38-26-30-10-18-34(38)22-15-32-12-20-36(24-16-30)40(28-32)8-4-3-7-39-27-31-11-19-35(39)23-14-29-9-17-33(21-13-31)37(5-1)25-29/h9-12,17-20,25-28H,13-16,21-24H2. The van der Waals surface area contributed by atoms with Crippen LogP contribution in [0.5, 0.6) is 0 Å². The molecule has 0 heteroatoms. The van der Waals surface area contributed by atoms with Gasteiger partial charge in [-0.3, -0.25) is 0 Å². The van der Waals surface area contributed by atoms with Crippen molar-refractivity contribution in [2.24, 2.45) is 0 Å². The molecule has 0 aliphatic heterocycles. The maximum absolute atomic E-state index is 3.42. The highest BCUT2D eigenvalue weighted by molar-refractivity contribution is 5.54. The third kappa shape index (κ3) is 5.19. The van der Waals surface area contributed by atoms with Crippen LogP contribution in [0.1, 0.15) is 66.8 Å². The summed E-state index contributed by atoms with van der Waals surface area (Å²) in [5.74, 6) is 26.5. The summed E-state index contributed by atoms with van der Waals surface area (Å²) in [5.41, 5.74) is 14.8. The average molecular weight is 509 g/mol. The van der Waals surface area contributed by atoms with Gasteiger partial charge in [-0.15, -0.1) is 0 Å². The monoisotopic (exact) mass is 508 g/mol. The quantitative estimate of drug-likeness (QED) is 0.236. The molecule has 0 radical (unpaired) electrons. The van der Waals surface area contributed by atoms with Crippen molar-refractivity contribution < 1.29 is 0 Å². The Morgan fingerprint density at radius 1 is 0.300 bits per heavy atom. The second kappa shape index (κ2) is 10.7. The van der Waals surface area contributed by atoms with Crippen LogP contribution in [0.15, 0.2) is 72.8 Å². The van der Waals surface area contributed by atoms with Crippen LogP contribution in [0.4, 0.5) is 0 Å². The van der Waals surface area contributed by atoms with E-state index in [-0.39, 0.29) is 0 Å². The van der Waals surface area contributed by atoms with Gasteiger partial charge in [0.15, 0.2) is 0 Å². The van der Waals surface area contributed by atoms with Gasteiger partial charge in [-0.25, -0.2) is 0 Å². The van der Waals surface area contributed by atoms with Gasteiger partial charge in [-0.05, 0) is 144 Å². The molecule has 4 aromatic carbocycles. The van der Waals surface area contributed by atoms with Crippen molar-refractivity contribution in [2.45, 2.75) is 51.4 Å². The van der Waals surface area contributed by atoms with E-state index in [1.165, 1.54) is 44.5 Å². The fourth-order valence-corrected chi connectivity index (χ4v) is 5.96. The topological polar surface area (TPSA) is 0 Å². The van der Waals surface area contributed by atoms with Crippen molar-refractivity contribution in [3.63, 3.8) is 0 Å². The summed E-state index contributed by atoms with van der Waals surface area (Å²) in [5, 5.41) is 0. The van der Waals surface area contributed by atoms with Crippen LogP contribution in [-0.2, 0) is 51.4 Å². The molecule has 0 saturated carbocycles. The van der Waals surface area contributed by atoms with Gasteiger partial charge in [0.25, 0.3) is 0 Å². The molecule has 0 amide bonds. The molecule has 0 aromatic heterocycles. The zero-order valence-corrected chi connectivity index (χ0v) is 22.6. The molecule has 9 aliphatic rings. The number of benzene rings is 4. The summed E-state index contributed by atoms with van der Waals surface area (Å²) < 4.78 is 0. The Hall–Kier alpha value is -4.88. The lowest BCUT2D eigenvalue weighted by Crippen LogP contribution is -2.03. The Labute approximate surface area is 237 Å². The highest BCUT2D eigenvalue weighted by Gasteiger charge is 2.11. The summed E-state index contributed by atoms with van der Waals surface area (Å²) in [6.07, 6.45) is 7.56. The van der Waals surface area contributed by atoms with Gasteiger partial charge < -0.3 is 0 Å². The zero-order chi connectivity index (χ0) is 26.7. The van der Waals surface area contributed by atoms with Gasteiger partial charge in [0.1, 0.15) is 0 Å². The molecule has 0 unspecified atom stereocenters. The fraction of sp³-hybridized carbons (Fsp3) is 0.200. The summed E-state index contributed by atoms with van der Waals surface area (Å²) in [6.45, 7) is 0. The van der Waals surface area contributed by atoms with Crippen LogP contribution in [0.3, 0.4) is 0 Å². The molecule has 12 bridgehead atoms. The smallest absolute Gasteiger partial charge is 0.0290 e. The lowest BCUT2D eigenvalue weighted by molar-refractivity contribution is 0.915. The van der Waals surface area contributed by atoms with Crippen molar-refractivity contribution >= 4 is 0 Å². The van der Waals surface area contributed by atoms with Crippen LogP contribution in [-0.4, -0.2) is 0 Å². The molecule has 13 rings (SSSR count). The first kappa shape index (κ1) is 24.2. The molecule has 40 heavy (non-hydrogen) atoms. The molecule has 188 valence electrons.